The maximum absolute atomic E-state index is 12.3. The van der Waals surface area contributed by atoms with Crippen molar-refractivity contribution in [2.75, 3.05) is 29.0 Å². The third kappa shape index (κ3) is 3.58. The molecule has 0 atom stereocenters. The summed E-state index contributed by atoms with van der Waals surface area (Å²) < 4.78 is 1.10. The van der Waals surface area contributed by atoms with Crippen molar-refractivity contribution in [2.45, 2.75) is 19.3 Å². The highest BCUT2D eigenvalue weighted by Crippen LogP contribution is 2.32. The van der Waals surface area contributed by atoms with Crippen LogP contribution in [0, 0.1) is 0 Å². The topological polar surface area (TPSA) is 71.2 Å². The fraction of sp³-hybridized carbons (Fsp3) is 0.263. The van der Waals surface area contributed by atoms with Gasteiger partial charge >= 0.3 is 0 Å². The fourth-order valence-electron chi connectivity index (χ4n) is 3.06. The molecular weight excluding hydrogens is 332 g/mol. The quantitative estimate of drug-likeness (QED) is 0.703. The average Bonchev–Trinajstić information content (AvgIpc) is 3.25. The van der Waals surface area contributed by atoms with Crippen LogP contribution in [-0.4, -0.2) is 24.0 Å². The third-order valence-electron chi connectivity index (χ3n) is 4.38. The minimum atomic E-state index is -0.0339. The summed E-state index contributed by atoms with van der Waals surface area (Å²) in [5.74, 6) is -0.0339. The number of benzene rings is 2. The molecule has 25 heavy (non-hydrogen) atoms. The molecule has 2 aromatic carbocycles. The van der Waals surface area contributed by atoms with Crippen molar-refractivity contribution >= 4 is 44.0 Å². The molecule has 0 unspecified atom stereocenters. The largest absolute Gasteiger partial charge is 0.399 e. The number of thiazole rings is 1. The molecule has 1 aliphatic heterocycles. The Balaban J connectivity index is 1.47. The van der Waals surface area contributed by atoms with Crippen molar-refractivity contribution in [3.63, 3.8) is 0 Å². The second kappa shape index (κ2) is 6.72. The van der Waals surface area contributed by atoms with Crippen LogP contribution in [0.5, 0.6) is 0 Å². The van der Waals surface area contributed by atoms with E-state index in [1.54, 1.807) is 11.3 Å². The van der Waals surface area contributed by atoms with Crippen LogP contribution in [0.2, 0.25) is 0 Å². The van der Waals surface area contributed by atoms with E-state index >= 15 is 0 Å². The van der Waals surface area contributed by atoms with Gasteiger partial charge in [-0.3, -0.25) is 4.79 Å². The first-order valence-electron chi connectivity index (χ1n) is 8.47. The number of hydrogen-bond acceptors (Lipinski definition) is 5. The van der Waals surface area contributed by atoms with E-state index in [0.29, 0.717) is 12.1 Å². The number of nitrogen functional groups attached to an aromatic ring is 1. The summed E-state index contributed by atoms with van der Waals surface area (Å²) in [6, 6.07) is 13.3. The molecule has 1 aliphatic rings. The number of nitrogens with one attached hydrogen (secondary N) is 1. The van der Waals surface area contributed by atoms with Gasteiger partial charge in [-0.2, -0.15) is 0 Å². The van der Waals surface area contributed by atoms with Crippen molar-refractivity contribution in [3.8, 4) is 0 Å². The van der Waals surface area contributed by atoms with Crippen molar-refractivity contribution in [1.29, 1.82) is 0 Å². The number of rotatable bonds is 4. The van der Waals surface area contributed by atoms with Gasteiger partial charge in [-0.25, -0.2) is 4.98 Å². The van der Waals surface area contributed by atoms with Gasteiger partial charge in [0.25, 0.3) is 0 Å². The van der Waals surface area contributed by atoms with E-state index < -0.39 is 0 Å². The van der Waals surface area contributed by atoms with Gasteiger partial charge in [0.15, 0.2) is 5.13 Å². The first-order chi connectivity index (χ1) is 12.2. The molecule has 0 radical (unpaired) electrons. The van der Waals surface area contributed by atoms with Gasteiger partial charge in [-0.15, -0.1) is 0 Å². The van der Waals surface area contributed by atoms with Crippen LogP contribution >= 0.6 is 11.3 Å². The van der Waals surface area contributed by atoms with Gasteiger partial charge in [0.1, 0.15) is 0 Å². The molecule has 1 saturated heterocycles. The van der Waals surface area contributed by atoms with Crippen LogP contribution in [-0.2, 0) is 11.2 Å². The Morgan fingerprint density at radius 2 is 1.92 bits per heavy atom. The Morgan fingerprint density at radius 3 is 2.68 bits per heavy atom. The van der Waals surface area contributed by atoms with Crippen LogP contribution in [0.4, 0.5) is 16.5 Å². The minimum Gasteiger partial charge on any atom is -0.399 e. The highest BCUT2D eigenvalue weighted by Gasteiger charge is 2.16. The van der Waals surface area contributed by atoms with Crippen LogP contribution in [0.15, 0.2) is 42.5 Å². The number of aromatic nitrogens is 1. The van der Waals surface area contributed by atoms with Crippen LogP contribution in [0.3, 0.4) is 0 Å². The van der Waals surface area contributed by atoms with Gasteiger partial charge in [0.2, 0.25) is 5.91 Å². The lowest BCUT2D eigenvalue weighted by Gasteiger charge is -2.11. The summed E-state index contributed by atoms with van der Waals surface area (Å²) in [5, 5.41) is 4.05. The van der Waals surface area contributed by atoms with E-state index in [0.717, 1.165) is 39.7 Å². The number of amides is 1. The molecule has 5 nitrogen and oxygen atoms in total. The molecule has 128 valence electrons. The lowest BCUT2D eigenvalue weighted by Crippen LogP contribution is -2.16. The number of anilines is 3. The maximum Gasteiger partial charge on any atom is 0.228 e. The van der Waals surface area contributed by atoms with Gasteiger partial charge in [0, 0.05) is 24.5 Å². The summed E-state index contributed by atoms with van der Waals surface area (Å²) >= 11 is 1.69. The molecule has 0 spiro atoms. The monoisotopic (exact) mass is 352 g/mol. The predicted molar refractivity (Wildman–Crippen MR) is 104 cm³/mol. The Kier molecular flexibility index (Phi) is 4.28. The third-order valence-corrected chi connectivity index (χ3v) is 5.46. The molecule has 6 heteroatoms. The molecule has 3 N–H and O–H groups in total. The van der Waals surface area contributed by atoms with E-state index in [9.17, 15) is 4.79 Å². The normalized spacial score (nSPS) is 14.2. The van der Waals surface area contributed by atoms with E-state index in [4.69, 9.17) is 10.7 Å². The van der Waals surface area contributed by atoms with Gasteiger partial charge in [-0.05, 0) is 48.7 Å². The molecule has 1 amide bonds. The standard InChI is InChI=1S/C19H20N4OS/c20-14-5-3-13(4-6-14)11-18(24)21-15-7-8-16-17(12-15)25-19(22-16)23-9-1-2-10-23/h3-8,12H,1-2,9-11,20H2,(H,21,24). The van der Waals surface area contributed by atoms with Crippen molar-refractivity contribution in [2.24, 2.45) is 0 Å². The van der Waals surface area contributed by atoms with E-state index in [1.165, 1.54) is 12.8 Å². The second-order valence-electron chi connectivity index (χ2n) is 6.34. The van der Waals surface area contributed by atoms with E-state index in [1.807, 2.05) is 42.5 Å². The molecule has 1 aromatic heterocycles. The highest BCUT2D eigenvalue weighted by molar-refractivity contribution is 7.22. The number of nitrogens with two attached hydrogens (primary N) is 1. The summed E-state index contributed by atoms with van der Waals surface area (Å²) in [6.45, 7) is 2.18. The number of hydrogen-bond donors (Lipinski definition) is 2. The Bertz CT molecular complexity index is 897. The molecule has 2 heterocycles. The van der Waals surface area contributed by atoms with Gasteiger partial charge in [-0.1, -0.05) is 23.5 Å². The molecular formula is C19H20N4OS. The van der Waals surface area contributed by atoms with Crippen LogP contribution in [0.25, 0.3) is 10.2 Å². The molecule has 4 rings (SSSR count). The maximum atomic E-state index is 12.3. The summed E-state index contributed by atoms with van der Waals surface area (Å²) in [4.78, 5) is 19.3. The Hall–Kier alpha value is -2.60. The molecule has 0 saturated carbocycles. The minimum absolute atomic E-state index is 0.0339. The molecule has 0 bridgehead atoms. The summed E-state index contributed by atoms with van der Waals surface area (Å²) in [7, 11) is 0. The first-order valence-corrected chi connectivity index (χ1v) is 9.29. The highest BCUT2D eigenvalue weighted by atomic mass is 32.1. The summed E-state index contributed by atoms with van der Waals surface area (Å²) in [5.41, 5.74) is 9.12. The van der Waals surface area contributed by atoms with Crippen molar-refractivity contribution in [3.05, 3.63) is 48.0 Å². The molecule has 1 fully saturated rings. The molecule has 3 aromatic rings. The predicted octanol–water partition coefficient (Wildman–Crippen LogP) is 3.66. The number of carbonyl (C=O) groups is 1. The Labute approximate surface area is 150 Å². The zero-order chi connectivity index (χ0) is 17.2. The molecule has 0 aliphatic carbocycles. The Morgan fingerprint density at radius 1 is 1.16 bits per heavy atom. The van der Waals surface area contributed by atoms with Crippen molar-refractivity contribution in [1.82, 2.24) is 4.98 Å². The van der Waals surface area contributed by atoms with Crippen LogP contribution < -0.4 is 16.0 Å². The zero-order valence-corrected chi connectivity index (χ0v) is 14.7. The number of carbonyl (C=O) groups excluding carboxylic acids is 1. The smallest absolute Gasteiger partial charge is 0.228 e. The fourth-order valence-corrected chi connectivity index (χ4v) is 4.12. The first kappa shape index (κ1) is 15.9. The van der Waals surface area contributed by atoms with Gasteiger partial charge in [0.05, 0.1) is 16.6 Å². The average molecular weight is 352 g/mol. The van der Waals surface area contributed by atoms with Gasteiger partial charge < -0.3 is 16.0 Å². The summed E-state index contributed by atoms with van der Waals surface area (Å²) in [6.07, 6.45) is 2.81. The number of nitrogens with zero attached hydrogens (tertiary/aromatic N) is 2. The van der Waals surface area contributed by atoms with Crippen LogP contribution in [0.1, 0.15) is 18.4 Å². The SMILES string of the molecule is Nc1ccc(CC(=O)Nc2ccc3nc(N4CCCC4)sc3c2)cc1. The number of fused-ring (bicyclic) bond motifs is 1. The van der Waals surface area contributed by atoms with Crippen molar-refractivity contribution < 1.29 is 4.79 Å². The lowest BCUT2D eigenvalue weighted by atomic mass is 10.1. The lowest BCUT2D eigenvalue weighted by molar-refractivity contribution is -0.115. The second-order valence-corrected chi connectivity index (χ2v) is 7.35. The van der Waals surface area contributed by atoms with E-state index in [-0.39, 0.29) is 5.91 Å². The zero-order valence-electron chi connectivity index (χ0n) is 13.9. The van der Waals surface area contributed by atoms with E-state index in [2.05, 4.69) is 10.2 Å².